The van der Waals surface area contributed by atoms with Crippen LogP contribution in [0.4, 0.5) is 0 Å². The van der Waals surface area contributed by atoms with Crippen molar-refractivity contribution in [3.63, 3.8) is 0 Å². The van der Waals surface area contributed by atoms with Gasteiger partial charge in [-0.25, -0.2) is 4.98 Å². The van der Waals surface area contributed by atoms with Gasteiger partial charge in [0.15, 0.2) is 4.34 Å². The predicted molar refractivity (Wildman–Crippen MR) is 65.7 cm³/mol. The lowest BCUT2D eigenvalue weighted by Gasteiger charge is -1.80. The van der Waals surface area contributed by atoms with Crippen LogP contribution in [0.15, 0.2) is 45.8 Å². The third kappa shape index (κ3) is 2.80. The van der Waals surface area contributed by atoms with Crippen LogP contribution in [0, 0.1) is 0 Å². The van der Waals surface area contributed by atoms with Crippen molar-refractivity contribution < 1.29 is 4.42 Å². The molecule has 2 aromatic heterocycles. The zero-order chi connectivity index (χ0) is 11.2. The Morgan fingerprint density at radius 2 is 1.94 bits per heavy atom. The molecule has 0 aliphatic heterocycles. The van der Waals surface area contributed by atoms with Gasteiger partial charge < -0.3 is 4.42 Å². The first-order chi connectivity index (χ1) is 7.90. The summed E-state index contributed by atoms with van der Waals surface area (Å²) in [4.78, 5) is 4.41. The van der Waals surface area contributed by atoms with E-state index in [1.807, 2.05) is 18.2 Å². The Morgan fingerprint density at radius 3 is 2.50 bits per heavy atom. The van der Waals surface area contributed by atoms with Crippen LogP contribution in [0.5, 0.6) is 0 Å². The second-order valence-corrected chi connectivity index (χ2v) is 4.81. The van der Waals surface area contributed by atoms with Gasteiger partial charge in [0.1, 0.15) is 0 Å². The van der Waals surface area contributed by atoms with Crippen LogP contribution in [0.1, 0.15) is 0 Å². The van der Waals surface area contributed by atoms with E-state index in [4.69, 9.17) is 0 Å². The predicted octanol–water partition coefficient (Wildman–Crippen LogP) is 3.09. The summed E-state index contributed by atoms with van der Waals surface area (Å²) in [6.07, 6.45) is 4.58. The largest absolute Gasteiger partial charge is 0.431 e. The maximum absolute atomic E-state index is 4.41. The summed E-state index contributed by atoms with van der Waals surface area (Å²) in [5.41, 5.74) is 1.11. The average molecular weight is 251 g/mol. The minimum Gasteiger partial charge on any atom is -0.431 e. The van der Waals surface area contributed by atoms with Crippen molar-refractivity contribution in [3.8, 4) is 0 Å². The molecule has 16 heavy (non-hydrogen) atoms. The van der Waals surface area contributed by atoms with Gasteiger partial charge in [-0.1, -0.05) is 23.9 Å². The Kier molecular flexibility index (Phi) is 3.90. The third-order valence-electron chi connectivity index (χ3n) is 1.73. The summed E-state index contributed by atoms with van der Waals surface area (Å²) in [6, 6.07) is 8.22. The molecule has 0 saturated heterocycles. The summed E-state index contributed by atoms with van der Waals surface area (Å²) in [7, 11) is 0. The zero-order valence-electron chi connectivity index (χ0n) is 8.53. The van der Waals surface area contributed by atoms with Gasteiger partial charge in [-0.2, -0.15) is 0 Å². The van der Waals surface area contributed by atoms with Crippen LogP contribution >= 0.6 is 23.1 Å². The lowest BCUT2D eigenvalue weighted by atomic mass is 10.3. The molecule has 0 saturated carbocycles. The number of benzene rings is 1. The molecule has 3 rings (SSSR count). The van der Waals surface area contributed by atoms with E-state index in [-0.39, 0.29) is 0 Å². The SMILES string of the molecule is CSc1nc2ccccc2s1.c1nnco1. The van der Waals surface area contributed by atoms with Gasteiger partial charge in [0.25, 0.3) is 0 Å². The third-order valence-corrected chi connectivity index (χ3v) is 3.75. The van der Waals surface area contributed by atoms with Crippen molar-refractivity contribution in [2.45, 2.75) is 4.34 Å². The van der Waals surface area contributed by atoms with Crippen LogP contribution in [0.3, 0.4) is 0 Å². The van der Waals surface area contributed by atoms with Crippen LogP contribution in [-0.4, -0.2) is 21.4 Å². The van der Waals surface area contributed by atoms with Crippen molar-refractivity contribution in [2.75, 3.05) is 6.26 Å². The number of aromatic nitrogens is 3. The number of hydrogen-bond donors (Lipinski definition) is 0. The number of fused-ring (bicyclic) bond motifs is 1. The Hall–Kier alpha value is -1.40. The van der Waals surface area contributed by atoms with Gasteiger partial charge in [-0.15, -0.1) is 21.5 Å². The summed E-state index contributed by atoms with van der Waals surface area (Å²) in [5.74, 6) is 0. The molecule has 1 aromatic carbocycles. The fourth-order valence-electron chi connectivity index (χ4n) is 1.07. The number of thioether (sulfide) groups is 1. The minimum atomic E-state index is 1.11. The molecule has 0 unspecified atom stereocenters. The molecule has 0 fully saturated rings. The first-order valence-electron chi connectivity index (χ1n) is 4.48. The van der Waals surface area contributed by atoms with Crippen LogP contribution < -0.4 is 0 Å². The molecular weight excluding hydrogens is 242 g/mol. The highest BCUT2D eigenvalue weighted by molar-refractivity contribution is 8.00. The van der Waals surface area contributed by atoms with E-state index in [0.29, 0.717) is 0 Å². The van der Waals surface area contributed by atoms with Gasteiger partial charge in [0.05, 0.1) is 10.2 Å². The van der Waals surface area contributed by atoms with E-state index in [9.17, 15) is 0 Å². The summed E-state index contributed by atoms with van der Waals surface area (Å²) >= 11 is 3.45. The molecule has 0 spiro atoms. The van der Waals surface area contributed by atoms with E-state index in [1.165, 1.54) is 17.5 Å². The fraction of sp³-hybridized carbons (Fsp3) is 0.100. The topological polar surface area (TPSA) is 51.8 Å². The maximum atomic E-state index is 4.41. The quantitative estimate of drug-likeness (QED) is 0.622. The number of para-hydroxylation sites is 1. The normalized spacial score (nSPS) is 9.81. The number of nitrogens with zero attached hydrogens (tertiary/aromatic N) is 3. The molecule has 0 bridgehead atoms. The lowest BCUT2D eigenvalue weighted by molar-refractivity contribution is 0.553. The van der Waals surface area contributed by atoms with E-state index in [1.54, 1.807) is 23.1 Å². The Bertz CT molecular complexity index is 486. The highest BCUT2D eigenvalue weighted by Gasteiger charge is 1.99. The molecule has 2 heterocycles. The number of thiazole rings is 1. The highest BCUT2D eigenvalue weighted by Crippen LogP contribution is 2.27. The molecule has 6 heteroatoms. The second kappa shape index (κ2) is 5.62. The zero-order valence-corrected chi connectivity index (χ0v) is 10.2. The lowest BCUT2D eigenvalue weighted by Crippen LogP contribution is -1.65. The molecule has 3 aromatic rings. The van der Waals surface area contributed by atoms with Crippen molar-refractivity contribution >= 4 is 33.3 Å². The van der Waals surface area contributed by atoms with Crippen molar-refractivity contribution in [1.82, 2.24) is 15.2 Å². The average Bonchev–Trinajstić information content (AvgIpc) is 3.01. The van der Waals surface area contributed by atoms with Crippen molar-refractivity contribution in [3.05, 3.63) is 37.1 Å². The van der Waals surface area contributed by atoms with E-state index >= 15 is 0 Å². The molecule has 0 aliphatic carbocycles. The number of hydrogen-bond acceptors (Lipinski definition) is 6. The standard InChI is InChI=1S/C8H7NS2.C2H2N2O/c1-10-8-9-6-4-2-3-5-7(6)11-8;1-3-4-2-5-1/h2-5H,1H3;1-2H. The first-order valence-corrected chi connectivity index (χ1v) is 6.52. The molecule has 0 radical (unpaired) electrons. The Morgan fingerprint density at radius 1 is 1.19 bits per heavy atom. The summed E-state index contributed by atoms with van der Waals surface area (Å²) < 4.78 is 6.78. The molecule has 0 atom stereocenters. The second-order valence-electron chi connectivity index (χ2n) is 2.73. The van der Waals surface area contributed by atoms with E-state index in [2.05, 4.69) is 31.9 Å². The Labute approximate surface area is 101 Å². The van der Waals surface area contributed by atoms with Crippen molar-refractivity contribution in [2.24, 2.45) is 0 Å². The number of rotatable bonds is 1. The first kappa shape index (κ1) is 11.1. The van der Waals surface area contributed by atoms with Crippen LogP contribution in [0.25, 0.3) is 10.2 Å². The maximum Gasteiger partial charge on any atom is 0.203 e. The van der Waals surface area contributed by atoms with E-state index in [0.717, 1.165) is 9.86 Å². The highest BCUT2D eigenvalue weighted by atomic mass is 32.2. The minimum absolute atomic E-state index is 1.11. The summed E-state index contributed by atoms with van der Waals surface area (Å²) in [6.45, 7) is 0. The smallest absolute Gasteiger partial charge is 0.203 e. The van der Waals surface area contributed by atoms with Gasteiger partial charge in [0.2, 0.25) is 12.8 Å². The van der Waals surface area contributed by atoms with Gasteiger partial charge in [-0.05, 0) is 18.4 Å². The van der Waals surface area contributed by atoms with Gasteiger partial charge in [-0.3, -0.25) is 0 Å². The monoisotopic (exact) mass is 251 g/mol. The van der Waals surface area contributed by atoms with Crippen LogP contribution in [-0.2, 0) is 0 Å². The van der Waals surface area contributed by atoms with Gasteiger partial charge >= 0.3 is 0 Å². The fourth-order valence-corrected chi connectivity index (χ4v) is 2.56. The molecule has 0 aliphatic rings. The summed E-state index contributed by atoms with van der Waals surface area (Å²) in [5, 5.41) is 6.61. The van der Waals surface area contributed by atoms with Crippen molar-refractivity contribution in [1.29, 1.82) is 0 Å². The molecule has 82 valence electrons. The molecule has 4 nitrogen and oxygen atoms in total. The Balaban J connectivity index is 0.000000162. The molecule has 0 amide bonds. The molecule has 0 N–H and O–H groups in total. The van der Waals surface area contributed by atoms with E-state index < -0.39 is 0 Å². The molecular formula is C10H9N3OS2. The van der Waals surface area contributed by atoms with Crippen LogP contribution in [0.2, 0.25) is 0 Å². The van der Waals surface area contributed by atoms with Gasteiger partial charge in [0, 0.05) is 0 Å².